The van der Waals surface area contributed by atoms with Crippen molar-refractivity contribution in [3.8, 4) is 5.75 Å². The summed E-state index contributed by atoms with van der Waals surface area (Å²) in [6.07, 6.45) is 4.60. The van der Waals surface area contributed by atoms with E-state index in [0.29, 0.717) is 11.6 Å². The molecule has 0 radical (unpaired) electrons. The molecule has 0 saturated heterocycles. The lowest BCUT2D eigenvalue weighted by atomic mass is 10.1. The lowest BCUT2D eigenvalue weighted by molar-refractivity contribution is 0.414. The first-order valence-electron chi connectivity index (χ1n) is 10.1. The van der Waals surface area contributed by atoms with Crippen molar-refractivity contribution in [1.29, 1.82) is 0 Å². The van der Waals surface area contributed by atoms with Gasteiger partial charge in [-0.25, -0.2) is 9.98 Å². The Bertz CT molecular complexity index is 955. The standard InChI is InChI=1S/C23H28ClN5O/c1-3-25-23(27-12-11-19-9-10-20(30-2)15-21(19)24)28-16-22-26-13-14-29(22)17-18-7-5-4-6-8-18/h4-10,13-15H,3,11-12,16-17H2,1-2H3,(H2,25,27,28). The third-order valence-electron chi connectivity index (χ3n) is 4.67. The van der Waals surface area contributed by atoms with Gasteiger partial charge >= 0.3 is 0 Å². The van der Waals surface area contributed by atoms with Crippen molar-refractivity contribution in [3.63, 3.8) is 0 Å². The maximum Gasteiger partial charge on any atom is 0.191 e. The summed E-state index contributed by atoms with van der Waals surface area (Å²) in [7, 11) is 1.64. The van der Waals surface area contributed by atoms with Gasteiger partial charge in [0.05, 0.1) is 7.11 Å². The zero-order valence-electron chi connectivity index (χ0n) is 17.4. The topological polar surface area (TPSA) is 63.5 Å². The van der Waals surface area contributed by atoms with Crippen molar-refractivity contribution in [1.82, 2.24) is 20.2 Å². The monoisotopic (exact) mass is 425 g/mol. The van der Waals surface area contributed by atoms with Crippen molar-refractivity contribution < 1.29 is 4.74 Å². The molecular formula is C23H28ClN5O. The van der Waals surface area contributed by atoms with Gasteiger partial charge in [-0.3, -0.25) is 0 Å². The summed E-state index contributed by atoms with van der Waals surface area (Å²) in [6.45, 7) is 4.84. The molecule has 0 bridgehead atoms. The second-order valence-corrected chi connectivity index (χ2v) is 7.19. The summed E-state index contributed by atoms with van der Waals surface area (Å²) in [6, 6.07) is 16.1. The van der Waals surface area contributed by atoms with Crippen molar-refractivity contribution in [2.24, 2.45) is 4.99 Å². The van der Waals surface area contributed by atoms with E-state index in [4.69, 9.17) is 21.3 Å². The number of rotatable bonds is 9. The average Bonchev–Trinajstić information content (AvgIpc) is 3.20. The molecule has 0 fully saturated rings. The minimum absolute atomic E-state index is 0.498. The zero-order chi connectivity index (χ0) is 21.2. The summed E-state index contributed by atoms with van der Waals surface area (Å²) in [5.74, 6) is 2.45. The fourth-order valence-electron chi connectivity index (χ4n) is 3.08. The van der Waals surface area contributed by atoms with Gasteiger partial charge in [0, 0.05) is 37.1 Å². The maximum atomic E-state index is 6.33. The number of ether oxygens (including phenoxy) is 1. The normalized spacial score (nSPS) is 11.4. The Morgan fingerprint density at radius 2 is 2.00 bits per heavy atom. The molecule has 3 rings (SSSR count). The molecule has 7 heteroatoms. The van der Waals surface area contributed by atoms with Gasteiger partial charge in [-0.05, 0) is 36.6 Å². The van der Waals surface area contributed by atoms with Crippen LogP contribution in [0.5, 0.6) is 5.75 Å². The van der Waals surface area contributed by atoms with E-state index in [1.807, 2.05) is 55.7 Å². The number of halogens is 1. The van der Waals surface area contributed by atoms with E-state index in [9.17, 15) is 0 Å². The van der Waals surface area contributed by atoms with E-state index >= 15 is 0 Å². The Morgan fingerprint density at radius 3 is 2.73 bits per heavy atom. The second kappa shape index (κ2) is 11.3. The lowest BCUT2D eigenvalue weighted by Gasteiger charge is -2.13. The van der Waals surface area contributed by atoms with Gasteiger partial charge in [-0.15, -0.1) is 0 Å². The molecule has 158 valence electrons. The summed E-state index contributed by atoms with van der Waals surface area (Å²) in [4.78, 5) is 9.17. The summed E-state index contributed by atoms with van der Waals surface area (Å²) < 4.78 is 7.33. The number of benzene rings is 2. The van der Waals surface area contributed by atoms with Crippen LogP contribution in [0.15, 0.2) is 65.9 Å². The van der Waals surface area contributed by atoms with Crippen LogP contribution in [0.25, 0.3) is 0 Å². The first-order chi connectivity index (χ1) is 14.7. The SMILES string of the molecule is CCNC(=NCc1nccn1Cc1ccccc1)NCCc1ccc(OC)cc1Cl. The molecule has 0 atom stereocenters. The van der Waals surface area contributed by atoms with Crippen LogP contribution in [0, 0.1) is 0 Å². The molecule has 0 aliphatic heterocycles. The molecule has 0 spiro atoms. The van der Waals surface area contributed by atoms with Crippen LogP contribution in [0.4, 0.5) is 0 Å². The predicted molar refractivity (Wildman–Crippen MR) is 122 cm³/mol. The Labute approximate surface area is 183 Å². The Morgan fingerprint density at radius 1 is 1.17 bits per heavy atom. The van der Waals surface area contributed by atoms with Gasteiger partial charge in [0.1, 0.15) is 18.1 Å². The smallest absolute Gasteiger partial charge is 0.191 e. The van der Waals surface area contributed by atoms with Crippen LogP contribution in [0.1, 0.15) is 23.9 Å². The summed E-state index contributed by atoms with van der Waals surface area (Å²) in [5.41, 5.74) is 2.31. The first-order valence-corrected chi connectivity index (χ1v) is 10.5. The first kappa shape index (κ1) is 21.7. The third-order valence-corrected chi connectivity index (χ3v) is 5.02. The molecular weight excluding hydrogens is 398 g/mol. The third kappa shape index (κ3) is 6.26. The van der Waals surface area contributed by atoms with E-state index in [1.54, 1.807) is 7.11 Å². The Balaban J connectivity index is 1.58. The molecule has 0 amide bonds. The van der Waals surface area contributed by atoms with E-state index in [0.717, 1.165) is 49.2 Å². The molecule has 0 aliphatic carbocycles. The molecule has 2 aromatic carbocycles. The quantitative estimate of drug-likeness (QED) is 0.403. The largest absolute Gasteiger partial charge is 0.497 e. The number of guanidine groups is 1. The highest BCUT2D eigenvalue weighted by Crippen LogP contribution is 2.22. The number of nitrogens with one attached hydrogen (secondary N) is 2. The summed E-state index contributed by atoms with van der Waals surface area (Å²) in [5, 5.41) is 7.36. The van der Waals surface area contributed by atoms with Gasteiger partial charge < -0.3 is 19.9 Å². The minimum Gasteiger partial charge on any atom is -0.497 e. The molecule has 0 saturated carbocycles. The number of hydrogen-bond donors (Lipinski definition) is 2. The lowest BCUT2D eigenvalue weighted by Crippen LogP contribution is -2.38. The van der Waals surface area contributed by atoms with Crippen molar-refractivity contribution in [2.45, 2.75) is 26.4 Å². The molecule has 30 heavy (non-hydrogen) atoms. The van der Waals surface area contributed by atoms with Gasteiger partial charge in [-0.1, -0.05) is 48.0 Å². The summed E-state index contributed by atoms with van der Waals surface area (Å²) >= 11 is 6.33. The van der Waals surface area contributed by atoms with Crippen LogP contribution in [-0.2, 0) is 19.5 Å². The van der Waals surface area contributed by atoms with Crippen molar-refractivity contribution in [2.75, 3.05) is 20.2 Å². The van der Waals surface area contributed by atoms with E-state index in [1.165, 1.54) is 5.56 Å². The molecule has 6 nitrogen and oxygen atoms in total. The zero-order valence-corrected chi connectivity index (χ0v) is 18.2. The van der Waals surface area contributed by atoms with Crippen molar-refractivity contribution in [3.05, 3.63) is 82.9 Å². The highest BCUT2D eigenvalue weighted by atomic mass is 35.5. The number of aromatic nitrogens is 2. The number of methoxy groups -OCH3 is 1. The number of aliphatic imine (C=N–C) groups is 1. The van der Waals surface area contributed by atoms with E-state index in [-0.39, 0.29) is 0 Å². The molecule has 2 N–H and O–H groups in total. The molecule has 0 unspecified atom stereocenters. The minimum atomic E-state index is 0.498. The highest BCUT2D eigenvalue weighted by Gasteiger charge is 2.06. The Kier molecular flexibility index (Phi) is 8.15. The Hall–Kier alpha value is -2.99. The van der Waals surface area contributed by atoms with Crippen LogP contribution in [0.2, 0.25) is 5.02 Å². The van der Waals surface area contributed by atoms with Crippen LogP contribution < -0.4 is 15.4 Å². The van der Waals surface area contributed by atoms with Gasteiger partial charge in [-0.2, -0.15) is 0 Å². The second-order valence-electron chi connectivity index (χ2n) is 6.79. The van der Waals surface area contributed by atoms with Crippen LogP contribution in [-0.4, -0.2) is 35.7 Å². The molecule has 1 aromatic heterocycles. The number of imidazole rings is 1. The van der Waals surface area contributed by atoms with Crippen molar-refractivity contribution >= 4 is 17.6 Å². The van der Waals surface area contributed by atoms with E-state index in [2.05, 4.69) is 32.3 Å². The van der Waals surface area contributed by atoms with Gasteiger partial charge in [0.2, 0.25) is 0 Å². The molecule has 1 heterocycles. The predicted octanol–water partition coefficient (Wildman–Crippen LogP) is 3.89. The maximum absolute atomic E-state index is 6.33. The highest BCUT2D eigenvalue weighted by molar-refractivity contribution is 6.31. The molecule has 0 aliphatic rings. The number of nitrogens with zero attached hydrogens (tertiary/aromatic N) is 3. The number of hydrogen-bond acceptors (Lipinski definition) is 3. The molecule has 3 aromatic rings. The van der Waals surface area contributed by atoms with Crippen LogP contribution >= 0.6 is 11.6 Å². The fraction of sp³-hybridized carbons (Fsp3) is 0.304. The van der Waals surface area contributed by atoms with Gasteiger partial charge in [0.25, 0.3) is 0 Å². The average molecular weight is 426 g/mol. The van der Waals surface area contributed by atoms with E-state index < -0.39 is 0 Å². The van der Waals surface area contributed by atoms with Gasteiger partial charge in [0.15, 0.2) is 5.96 Å². The van der Waals surface area contributed by atoms with Crippen LogP contribution in [0.3, 0.4) is 0 Å². The fourth-order valence-corrected chi connectivity index (χ4v) is 3.35.